The monoisotopic (exact) mass is 427 g/mol. The number of rotatable bonds is 6. The van der Waals surface area contributed by atoms with Crippen molar-refractivity contribution in [2.24, 2.45) is 4.99 Å². The molecule has 156 valence electrons. The number of esters is 1. The molecule has 8 heteroatoms. The van der Waals surface area contributed by atoms with Gasteiger partial charge in [-0.3, -0.25) is 0 Å². The quantitative estimate of drug-likeness (QED) is 0.650. The van der Waals surface area contributed by atoms with Crippen LogP contribution in [0.15, 0.2) is 63.7 Å². The van der Waals surface area contributed by atoms with Gasteiger partial charge in [0.15, 0.2) is 0 Å². The number of phenols is 1. The maximum Gasteiger partial charge on any atom is 0.344 e. The van der Waals surface area contributed by atoms with Gasteiger partial charge in [0, 0.05) is 5.56 Å². The van der Waals surface area contributed by atoms with Crippen LogP contribution in [-0.2, 0) is 9.53 Å². The summed E-state index contributed by atoms with van der Waals surface area (Å²) in [6.45, 7) is 1.84. The van der Waals surface area contributed by atoms with Gasteiger partial charge in [-0.15, -0.1) is 0 Å². The minimum atomic E-state index is -0.673. The Bertz CT molecular complexity index is 1040. The minimum absolute atomic E-state index is 0.00919. The summed E-state index contributed by atoms with van der Waals surface area (Å²) >= 11 is 1.11. The smallest absolute Gasteiger partial charge is 0.344 e. The van der Waals surface area contributed by atoms with Crippen LogP contribution in [0.1, 0.15) is 12.5 Å². The Balaban J connectivity index is 2.04. The van der Waals surface area contributed by atoms with Gasteiger partial charge in [0.25, 0.3) is 0 Å². The second-order valence-electron chi connectivity index (χ2n) is 6.09. The third-order valence-electron chi connectivity index (χ3n) is 4.19. The van der Waals surface area contributed by atoms with Crippen molar-refractivity contribution in [1.82, 2.24) is 0 Å². The van der Waals surface area contributed by atoms with Crippen LogP contribution in [-0.4, -0.2) is 42.1 Å². The lowest BCUT2D eigenvalue weighted by atomic mass is 10.1. The number of aliphatic imine (C=N–C) groups is 1. The van der Waals surface area contributed by atoms with Crippen LogP contribution in [0.25, 0.3) is 6.08 Å². The molecule has 0 radical (unpaired) electrons. The molecule has 0 saturated carbocycles. The highest BCUT2D eigenvalue weighted by Crippen LogP contribution is 2.41. The van der Waals surface area contributed by atoms with Gasteiger partial charge in [-0.25, -0.2) is 9.79 Å². The maximum absolute atomic E-state index is 12.5. The zero-order chi connectivity index (χ0) is 21.7. The van der Waals surface area contributed by atoms with Crippen molar-refractivity contribution in [1.29, 1.82) is 0 Å². The standard InChI is InChI=1S/C22H21NO6S/c1-4-29-22(26)19-20(25)18(12-13-11-16(28-3)9-10-17(13)24)30-21(19)23-14-5-7-15(27-2)8-6-14/h5-12,24-25H,4H2,1-3H3. The second kappa shape index (κ2) is 9.41. The first-order valence-corrected chi connectivity index (χ1v) is 9.88. The van der Waals surface area contributed by atoms with E-state index in [1.54, 1.807) is 56.5 Å². The Morgan fingerprint density at radius 1 is 1.07 bits per heavy atom. The predicted octanol–water partition coefficient (Wildman–Crippen LogP) is 4.60. The fourth-order valence-electron chi connectivity index (χ4n) is 2.68. The number of benzene rings is 2. The molecule has 0 bridgehead atoms. The Labute approximate surface area is 178 Å². The van der Waals surface area contributed by atoms with E-state index in [0.717, 1.165) is 11.8 Å². The summed E-state index contributed by atoms with van der Waals surface area (Å²) in [6, 6.07) is 11.7. The van der Waals surface area contributed by atoms with Crippen LogP contribution in [0.5, 0.6) is 17.2 Å². The third kappa shape index (κ3) is 4.60. The van der Waals surface area contributed by atoms with E-state index in [9.17, 15) is 15.0 Å². The number of hydrogen-bond acceptors (Lipinski definition) is 8. The topological polar surface area (TPSA) is 97.6 Å². The molecule has 0 aromatic heterocycles. The lowest BCUT2D eigenvalue weighted by molar-refractivity contribution is -0.138. The molecule has 0 unspecified atom stereocenters. The lowest BCUT2D eigenvalue weighted by Crippen LogP contribution is -2.12. The van der Waals surface area contributed by atoms with Crippen LogP contribution in [0.3, 0.4) is 0 Å². The number of aromatic hydroxyl groups is 1. The zero-order valence-corrected chi connectivity index (χ0v) is 17.5. The summed E-state index contributed by atoms with van der Waals surface area (Å²) in [5.41, 5.74) is 0.988. The van der Waals surface area contributed by atoms with Gasteiger partial charge in [0.1, 0.15) is 33.6 Å². The number of phenolic OH excluding ortho intramolecular Hbond substituents is 1. The molecule has 1 heterocycles. The number of ether oxygens (including phenoxy) is 3. The molecular formula is C22H21NO6S. The minimum Gasteiger partial charge on any atom is -0.507 e. The fourth-order valence-corrected chi connectivity index (χ4v) is 3.71. The van der Waals surface area contributed by atoms with Crippen molar-refractivity contribution in [2.45, 2.75) is 6.92 Å². The Hall–Kier alpha value is -3.39. The van der Waals surface area contributed by atoms with E-state index in [4.69, 9.17) is 14.2 Å². The van der Waals surface area contributed by atoms with Crippen molar-refractivity contribution in [3.8, 4) is 17.2 Å². The molecule has 2 aromatic carbocycles. The third-order valence-corrected chi connectivity index (χ3v) is 5.21. The summed E-state index contributed by atoms with van der Waals surface area (Å²) in [5, 5.41) is 21.2. The summed E-state index contributed by atoms with van der Waals surface area (Å²) in [6.07, 6.45) is 1.56. The molecule has 7 nitrogen and oxygen atoms in total. The number of thioether (sulfide) groups is 1. The Kier molecular flexibility index (Phi) is 6.68. The van der Waals surface area contributed by atoms with Crippen molar-refractivity contribution >= 4 is 34.5 Å². The maximum atomic E-state index is 12.5. The molecule has 2 N–H and O–H groups in total. The molecule has 0 spiro atoms. The Morgan fingerprint density at radius 2 is 1.73 bits per heavy atom. The first-order valence-electron chi connectivity index (χ1n) is 9.07. The van der Waals surface area contributed by atoms with Gasteiger partial charge in [-0.1, -0.05) is 11.8 Å². The second-order valence-corrected chi connectivity index (χ2v) is 7.13. The van der Waals surface area contributed by atoms with Crippen LogP contribution >= 0.6 is 11.8 Å². The van der Waals surface area contributed by atoms with E-state index >= 15 is 0 Å². The highest BCUT2D eigenvalue weighted by atomic mass is 32.2. The average molecular weight is 427 g/mol. The number of carbonyl (C=O) groups is 1. The van der Waals surface area contributed by atoms with Gasteiger partial charge < -0.3 is 24.4 Å². The zero-order valence-electron chi connectivity index (χ0n) is 16.7. The number of nitrogens with zero attached hydrogens (tertiary/aromatic N) is 1. The first kappa shape index (κ1) is 21.3. The normalized spacial score (nSPS) is 16.2. The molecule has 1 aliphatic rings. The molecule has 30 heavy (non-hydrogen) atoms. The highest BCUT2D eigenvalue weighted by molar-refractivity contribution is 8.18. The van der Waals surface area contributed by atoms with E-state index < -0.39 is 5.97 Å². The largest absolute Gasteiger partial charge is 0.507 e. The van der Waals surface area contributed by atoms with Crippen LogP contribution in [0.2, 0.25) is 0 Å². The van der Waals surface area contributed by atoms with Gasteiger partial charge in [0.05, 0.1) is 31.4 Å². The van der Waals surface area contributed by atoms with Crippen molar-refractivity contribution < 1.29 is 29.2 Å². The Morgan fingerprint density at radius 3 is 2.37 bits per heavy atom. The van der Waals surface area contributed by atoms with Crippen molar-refractivity contribution in [3.63, 3.8) is 0 Å². The molecule has 1 aliphatic heterocycles. The molecule has 3 rings (SSSR count). The summed E-state index contributed by atoms with van der Waals surface area (Å²) in [5.74, 6) is 0.302. The van der Waals surface area contributed by atoms with Gasteiger partial charge >= 0.3 is 5.97 Å². The van der Waals surface area contributed by atoms with Gasteiger partial charge in [-0.05, 0) is 55.5 Å². The van der Waals surface area contributed by atoms with Gasteiger partial charge in [0.2, 0.25) is 0 Å². The number of carbonyl (C=O) groups excluding carboxylic acids is 1. The van der Waals surface area contributed by atoms with Crippen molar-refractivity contribution in [3.05, 3.63) is 64.3 Å². The fraction of sp³-hybridized carbons (Fsp3) is 0.182. The van der Waals surface area contributed by atoms with Crippen LogP contribution in [0, 0.1) is 0 Å². The molecule has 0 saturated heterocycles. The predicted molar refractivity (Wildman–Crippen MR) is 117 cm³/mol. The molecule has 2 aromatic rings. The van der Waals surface area contributed by atoms with E-state index in [1.807, 2.05) is 0 Å². The molecule has 0 aliphatic carbocycles. The molecule has 0 fully saturated rings. The number of aliphatic hydroxyl groups is 1. The van der Waals surface area contributed by atoms with E-state index in [-0.39, 0.29) is 23.7 Å². The van der Waals surface area contributed by atoms with E-state index in [0.29, 0.717) is 32.7 Å². The number of methoxy groups -OCH3 is 2. The summed E-state index contributed by atoms with van der Waals surface area (Å²) < 4.78 is 15.4. The SMILES string of the molecule is CCOC(=O)C1=C(O)C(=Cc2cc(OC)ccc2O)SC1=Nc1ccc(OC)cc1. The first-order chi connectivity index (χ1) is 14.5. The summed E-state index contributed by atoms with van der Waals surface area (Å²) in [4.78, 5) is 17.3. The van der Waals surface area contributed by atoms with Crippen LogP contribution < -0.4 is 9.47 Å². The van der Waals surface area contributed by atoms with E-state index in [1.165, 1.54) is 13.2 Å². The highest BCUT2D eigenvalue weighted by Gasteiger charge is 2.33. The molecule has 0 amide bonds. The molecule has 0 atom stereocenters. The van der Waals surface area contributed by atoms with E-state index in [2.05, 4.69) is 4.99 Å². The lowest BCUT2D eigenvalue weighted by Gasteiger charge is -2.05. The number of hydrogen-bond donors (Lipinski definition) is 2. The van der Waals surface area contributed by atoms with Crippen molar-refractivity contribution in [2.75, 3.05) is 20.8 Å². The summed E-state index contributed by atoms with van der Waals surface area (Å²) in [7, 11) is 3.09. The van der Waals surface area contributed by atoms with Crippen LogP contribution in [0.4, 0.5) is 5.69 Å². The average Bonchev–Trinajstić information content (AvgIpc) is 3.05. The molecular weight excluding hydrogens is 406 g/mol. The van der Waals surface area contributed by atoms with Gasteiger partial charge in [-0.2, -0.15) is 0 Å². The number of aliphatic hydroxyl groups excluding tert-OH is 1.